The molecule has 29 heavy (non-hydrogen) atoms. The zero-order valence-electron chi connectivity index (χ0n) is 16.2. The third-order valence-electron chi connectivity index (χ3n) is 4.94. The van der Waals surface area contributed by atoms with E-state index < -0.39 is 0 Å². The molecule has 0 atom stereocenters. The van der Waals surface area contributed by atoms with Gasteiger partial charge in [0, 0.05) is 38.8 Å². The Balaban J connectivity index is 1.26. The third kappa shape index (κ3) is 5.07. The highest BCUT2D eigenvalue weighted by atomic mass is 16.1. The number of nitrogens with one attached hydrogen (secondary N) is 1. The van der Waals surface area contributed by atoms with Gasteiger partial charge in [-0.2, -0.15) is 0 Å². The van der Waals surface area contributed by atoms with Crippen LogP contribution in [0.3, 0.4) is 0 Å². The molecule has 1 amide bonds. The predicted molar refractivity (Wildman–Crippen MR) is 114 cm³/mol. The molecule has 0 radical (unpaired) electrons. The molecule has 148 valence electrons. The van der Waals surface area contributed by atoms with Crippen molar-refractivity contribution in [2.45, 2.75) is 12.8 Å². The van der Waals surface area contributed by atoms with Crippen LogP contribution in [0.2, 0.25) is 0 Å². The molecular weight excluding hydrogens is 364 g/mol. The second-order valence-corrected chi connectivity index (χ2v) is 6.97. The minimum absolute atomic E-state index is 0.0332. The fraction of sp³-hybridized carbons (Fsp3) is 0.273. The topological polar surface area (TPSA) is 74.2 Å². The smallest absolute Gasteiger partial charge is 0.225 e. The van der Waals surface area contributed by atoms with Gasteiger partial charge < -0.3 is 15.1 Å². The average molecular weight is 388 g/mol. The maximum atomic E-state index is 12.2. The van der Waals surface area contributed by atoms with E-state index in [1.807, 2.05) is 54.7 Å². The fourth-order valence-corrected chi connectivity index (χ4v) is 3.35. The number of nitrogens with zero attached hydrogens (tertiary/aromatic N) is 5. The highest BCUT2D eigenvalue weighted by Gasteiger charge is 2.19. The number of amides is 1. The molecule has 0 aliphatic carbocycles. The van der Waals surface area contributed by atoms with Gasteiger partial charge in [0.2, 0.25) is 11.9 Å². The molecule has 1 saturated heterocycles. The summed E-state index contributed by atoms with van der Waals surface area (Å²) in [5, 5.41) is 2.87. The summed E-state index contributed by atoms with van der Waals surface area (Å²) in [7, 11) is 0. The lowest BCUT2D eigenvalue weighted by Gasteiger charge is -2.35. The van der Waals surface area contributed by atoms with Crippen molar-refractivity contribution in [2.24, 2.45) is 0 Å². The van der Waals surface area contributed by atoms with Crippen molar-refractivity contribution in [3.05, 3.63) is 72.7 Å². The van der Waals surface area contributed by atoms with E-state index in [0.29, 0.717) is 24.5 Å². The number of carbonyl (C=O) groups excluding carboxylic acids is 1. The lowest BCUT2D eigenvalue weighted by atomic mass is 10.1. The Morgan fingerprint density at radius 1 is 0.862 bits per heavy atom. The van der Waals surface area contributed by atoms with Gasteiger partial charge >= 0.3 is 0 Å². The lowest BCUT2D eigenvalue weighted by Crippen LogP contribution is -2.47. The van der Waals surface area contributed by atoms with Crippen LogP contribution in [-0.2, 0) is 11.2 Å². The second kappa shape index (κ2) is 9.14. The monoisotopic (exact) mass is 388 g/mol. The van der Waals surface area contributed by atoms with E-state index in [1.165, 1.54) is 0 Å². The van der Waals surface area contributed by atoms with Crippen molar-refractivity contribution >= 4 is 23.4 Å². The first kappa shape index (κ1) is 18.9. The largest absolute Gasteiger partial charge is 0.353 e. The van der Waals surface area contributed by atoms with Gasteiger partial charge in [-0.05, 0) is 24.1 Å². The van der Waals surface area contributed by atoms with Crippen molar-refractivity contribution in [1.29, 1.82) is 0 Å². The molecule has 3 aromatic rings. The van der Waals surface area contributed by atoms with E-state index in [9.17, 15) is 4.79 Å². The molecule has 2 aromatic heterocycles. The van der Waals surface area contributed by atoms with Gasteiger partial charge in [-0.15, -0.1) is 0 Å². The van der Waals surface area contributed by atoms with Gasteiger partial charge in [0.15, 0.2) is 0 Å². The maximum Gasteiger partial charge on any atom is 0.225 e. The summed E-state index contributed by atoms with van der Waals surface area (Å²) in [5.74, 6) is 1.66. The number of aromatic nitrogens is 3. The zero-order chi connectivity index (χ0) is 19.9. The molecule has 0 saturated carbocycles. The fourth-order valence-electron chi connectivity index (χ4n) is 3.35. The van der Waals surface area contributed by atoms with Crippen LogP contribution < -0.4 is 15.1 Å². The number of rotatable bonds is 6. The number of aryl methyl sites for hydroxylation is 1. The molecule has 0 bridgehead atoms. The Morgan fingerprint density at radius 3 is 2.24 bits per heavy atom. The molecular formula is C22H24N6O. The molecule has 1 N–H and O–H groups in total. The van der Waals surface area contributed by atoms with E-state index >= 15 is 0 Å². The Hall–Kier alpha value is -3.48. The Morgan fingerprint density at radius 2 is 1.55 bits per heavy atom. The summed E-state index contributed by atoms with van der Waals surface area (Å²) in [6.45, 7) is 3.41. The standard InChI is InChI=1S/C22H24N6O/c29-21(10-9-18-6-2-1-3-7-18)26-19-16-24-22(25-17-19)28-14-12-27(13-15-28)20-8-4-5-11-23-20/h1-8,11,16-17H,9-10,12-15H2,(H,26,29). The van der Waals surface area contributed by atoms with E-state index in [0.717, 1.165) is 37.6 Å². The molecule has 1 aliphatic rings. The summed E-state index contributed by atoms with van der Waals surface area (Å²) in [5.41, 5.74) is 1.78. The third-order valence-corrected chi connectivity index (χ3v) is 4.94. The molecule has 1 aliphatic heterocycles. The van der Waals surface area contributed by atoms with Crippen LogP contribution in [0.4, 0.5) is 17.5 Å². The van der Waals surface area contributed by atoms with Gasteiger partial charge in [0.1, 0.15) is 5.82 Å². The zero-order valence-corrected chi connectivity index (χ0v) is 16.2. The average Bonchev–Trinajstić information content (AvgIpc) is 2.80. The molecule has 4 rings (SSSR count). The Bertz CT molecular complexity index is 909. The molecule has 0 spiro atoms. The molecule has 1 aromatic carbocycles. The summed E-state index contributed by atoms with van der Waals surface area (Å²) in [6.07, 6.45) is 6.31. The van der Waals surface area contributed by atoms with Gasteiger partial charge in [0.05, 0.1) is 18.1 Å². The summed E-state index contributed by atoms with van der Waals surface area (Å²) < 4.78 is 0. The van der Waals surface area contributed by atoms with Crippen molar-refractivity contribution in [2.75, 3.05) is 41.3 Å². The van der Waals surface area contributed by atoms with Crippen molar-refractivity contribution in [1.82, 2.24) is 15.0 Å². The van der Waals surface area contributed by atoms with Crippen LogP contribution in [0.5, 0.6) is 0 Å². The summed E-state index contributed by atoms with van der Waals surface area (Å²) in [4.78, 5) is 29.9. The normalized spacial score (nSPS) is 13.9. The lowest BCUT2D eigenvalue weighted by molar-refractivity contribution is -0.116. The molecule has 0 unspecified atom stereocenters. The van der Waals surface area contributed by atoms with Crippen molar-refractivity contribution < 1.29 is 4.79 Å². The van der Waals surface area contributed by atoms with Crippen LogP contribution in [0.15, 0.2) is 67.1 Å². The van der Waals surface area contributed by atoms with E-state index in [4.69, 9.17) is 0 Å². The quantitative estimate of drug-likeness (QED) is 0.700. The van der Waals surface area contributed by atoms with E-state index in [1.54, 1.807) is 12.4 Å². The first-order chi connectivity index (χ1) is 14.3. The van der Waals surface area contributed by atoms with Crippen LogP contribution in [-0.4, -0.2) is 47.0 Å². The first-order valence-corrected chi connectivity index (χ1v) is 9.85. The minimum atomic E-state index is -0.0332. The van der Waals surface area contributed by atoms with E-state index in [-0.39, 0.29) is 5.91 Å². The number of pyridine rings is 1. The SMILES string of the molecule is O=C(CCc1ccccc1)Nc1cnc(N2CCN(c3ccccn3)CC2)nc1. The van der Waals surface area contributed by atoms with Crippen LogP contribution in [0.1, 0.15) is 12.0 Å². The van der Waals surface area contributed by atoms with Gasteiger partial charge in [-0.1, -0.05) is 36.4 Å². The predicted octanol–water partition coefficient (Wildman–Crippen LogP) is 2.77. The molecule has 3 heterocycles. The van der Waals surface area contributed by atoms with Crippen LogP contribution in [0, 0.1) is 0 Å². The maximum absolute atomic E-state index is 12.2. The molecule has 1 fully saturated rings. The van der Waals surface area contributed by atoms with Crippen molar-refractivity contribution in [3.8, 4) is 0 Å². The number of anilines is 3. The Kier molecular flexibility index (Phi) is 5.95. The highest BCUT2D eigenvalue weighted by Crippen LogP contribution is 2.16. The van der Waals surface area contributed by atoms with Gasteiger partial charge in [-0.3, -0.25) is 4.79 Å². The number of benzene rings is 1. The summed E-state index contributed by atoms with van der Waals surface area (Å²) >= 11 is 0. The van der Waals surface area contributed by atoms with Crippen LogP contribution in [0.25, 0.3) is 0 Å². The molecule has 7 heteroatoms. The number of hydrogen-bond donors (Lipinski definition) is 1. The highest BCUT2D eigenvalue weighted by molar-refractivity contribution is 5.90. The van der Waals surface area contributed by atoms with E-state index in [2.05, 4.69) is 30.1 Å². The Labute approximate surface area is 170 Å². The second-order valence-electron chi connectivity index (χ2n) is 6.97. The van der Waals surface area contributed by atoms with Gasteiger partial charge in [0.25, 0.3) is 0 Å². The van der Waals surface area contributed by atoms with Crippen LogP contribution >= 0.6 is 0 Å². The van der Waals surface area contributed by atoms with Crippen molar-refractivity contribution in [3.63, 3.8) is 0 Å². The number of piperazine rings is 1. The minimum Gasteiger partial charge on any atom is -0.353 e. The first-order valence-electron chi connectivity index (χ1n) is 9.85. The summed E-state index contributed by atoms with van der Waals surface area (Å²) in [6, 6.07) is 16.0. The number of carbonyl (C=O) groups is 1. The van der Waals surface area contributed by atoms with Gasteiger partial charge in [-0.25, -0.2) is 15.0 Å². The number of hydrogen-bond acceptors (Lipinski definition) is 6. The molecule has 7 nitrogen and oxygen atoms in total.